The van der Waals surface area contributed by atoms with Crippen molar-refractivity contribution in [2.24, 2.45) is 11.8 Å². The second kappa shape index (κ2) is 21.4. The van der Waals surface area contributed by atoms with Gasteiger partial charge in [0.05, 0.1) is 20.3 Å². The maximum absolute atomic E-state index is 13.6. The number of nitrogens with one attached hydrogen (secondary N) is 5. The van der Waals surface area contributed by atoms with Gasteiger partial charge in [-0.3, -0.25) is 33.6 Å². The van der Waals surface area contributed by atoms with Gasteiger partial charge < -0.3 is 41.0 Å². The maximum atomic E-state index is 13.6. The Labute approximate surface area is 316 Å². The molecule has 6 amide bonds. The fraction of sp³-hybridized carbons (Fsp3) is 0.513. The molecule has 54 heavy (non-hydrogen) atoms. The Balaban J connectivity index is 1.72. The van der Waals surface area contributed by atoms with Crippen molar-refractivity contribution in [1.82, 2.24) is 31.5 Å². The van der Waals surface area contributed by atoms with E-state index in [1.54, 1.807) is 0 Å². The van der Waals surface area contributed by atoms with Crippen LogP contribution in [0.4, 0.5) is 0 Å². The SMILES string of the molecule is COC(=O)CNC(=O)[C@H](CC(C)C)NC(=O)[C@@H](NC(=O)CNC(=O)[C@H](CC(C)C)NC(=O)[C@@H]1CCCN1C(C)=O)OCc1ccc(-c2ccccc2)cc1. The fourth-order valence-electron chi connectivity index (χ4n) is 5.97. The Hall–Kier alpha value is -5.31. The minimum atomic E-state index is -1.59. The van der Waals surface area contributed by atoms with Gasteiger partial charge in [0.2, 0.25) is 35.8 Å². The summed E-state index contributed by atoms with van der Waals surface area (Å²) in [5.41, 5.74) is 2.69. The molecule has 2 aromatic rings. The molecular weight excluding hydrogens is 696 g/mol. The van der Waals surface area contributed by atoms with Gasteiger partial charge in [-0.2, -0.15) is 0 Å². The molecule has 2 aromatic carbocycles. The monoisotopic (exact) mass is 750 g/mol. The van der Waals surface area contributed by atoms with Crippen LogP contribution in [0.1, 0.15) is 65.9 Å². The number of amides is 6. The summed E-state index contributed by atoms with van der Waals surface area (Å²) in [5, 5.41) is 12.8. The van der Waals surface area contributed by atoms with Crippen molar-refractivity contribution in [1.29, 1.82) is 0 Å². The number of nitrogens with zero attached hydrogens (tertiary/aromatic N) is 1. The predicted molar refractivity (Wildman–Crippen MR) is 200 cm³/mol. The van der Waals surface area contributed by atoms with E-state index in [9.17, 15) is 33.6 Å². The van der Waals surface area contributed by atoms with Gasteiger partial charge in [0, 0.05) is 13.5 Å². The summed E-state index contributed by atoms with van der Waals surface area (Å²) in [4.78, 5) is 91.4. The number of methoxy groups -OCH3 is 1. The van der Waals surface area contributed by atoms with E-state index in [1.807, 2.05) is 82.3 Å². The number of carbonyl (C=O) groups is 7. The Kier molecular flexibility index (Phi) is 17.1. The molecule has 0 bridgehead atoms. The molecule has 1 aliphatic rings. The van der Waals surface area contributed by atoms with Crippen LogP contribution in [-0.2, 0) is 49.6 Å². The lowest BCUT2D eigenvalue weighted by atomic mass is 10.0. The van der Waals surface area contributed by atoms with Crippen LogP contribution in [-0.4, -0.2) is 97.4 Å². The third-order valence-electron chi connectivity index (χ3n) is 8.71. The highest BCUT2D eigenvalue weighted by Gasteiger charge is 2.35. The summed E-state index contributed by atoms with van der Waals surface area (Å²) >= 11 is 0. The molecule has 1 heterocycles. The Morgan fingerprint density at radius 1 is 0.741 bits per heavy atom. The number of carbonyl (C=O) groups excluding carboxylic acids is 7. The van der Waals surface area contributed by atoms with E-state index in [2.05, 4.69) is 31.3 Å². The van der Waals surface area contributed by atoms with Gasteiger partial charge in [-0.15, -0.1) is 0 Å². The third kappa shape index (κ3) is 13.9. The summed E-state index contributed by atoms with van der Waals surface area (Å²) in [6, 6.07) is 14.5. The van der Waals surface area contributed by atoms with Crippen LogP contribution in [0.5, 0.6) is 0 Å². The molecule has 0 spiro atoms. The quantitative estimate of drug-likeness (QED) is 0.105. The zero-order valence-corrected chi connectivity index (χ0v) is 31.9. The van der Waals surface area contributed by atoms with Gasteiger partial charge in [-0.05, 0) is 54.2 Å². The van der Waals surface area contributed by atoms with E-state index in [4.69, 9.17) is 4.74 Å². The van der Waals surface area contributed by atoms with Gasteiger partial charge >= 0.3 is 5.97 Å². The molecule has 0 aliphatic carbocycles. The van der Waals surface area contributed by atoms with Crippen molar-refractivity contribution in [2.75, 3.05) is 26.7 Å². The van der Waals surface area contributed by atoms with E-state index in [0.717, 1.165) is 11.1 Å². The first-order valence-corrected chi connectivity index (χ1v) is 18.2. The van der Waals surface area contributed by atoms with Gasteiger partial charge in [0.15, 0.2) is 0 Å². The van der Waals surface area contributed by atoms with Crippen molar-refractivity contribution in [3.63, 3.8) is 0 Å². The third-order valence-corrected chi connectivity index (χ3v) is 8.71. The highest BCUT2D eigenvalue weighted by molar-refractivity contribution is 5.95. The molecule has 1 saturated heterocycles. The number of ether oxygens (including phenoxy) is 2. The topological polar surface area (TPSA) is 201 Å². The molecular formula is C39H54N6O9. The summed E-state index contributed by atoms with van der Waals surface area (Å²) < 4.78 is 10.5. The normalized spacial score (nSPS) is 15.5. The molecule has 15 heteroatoms. The van der Waals surface area contributed by atoms with Crippen LogP contribution >= 0.6 is 0 Å². The summed E-state index contributed by atoms with van der Waals surface area (Å²) in [6.07, 6.45) is 0.0565. The highest BCUT2D eigenvalue weighted by atomic mass is 16.5. The average molecular weight is 751 g/mol. The number of esters is 1. The predicted octanol–water partition coefficient (Wildman–Crippen LogP) is 1.79. The zero-order valence-electron chi connectivity index (χ0n) is 31.9. The van der Waals surface area contributed by atoms with Gasteiger partial charge in [0.25, 0.3) is 5.91 Å². The number of hydrogen-bond acceptors (Lipinski definition) is 9. The number of rotatable bonds is 19. The highest BCUT2D eigenvalue weighted by Crippen LogP contribution is 2.20. The first-order chi connectivity index (χ1) is 25.7. The smallest absolute Gasteiger partial charge is 0.325 e. The molecule has 1 fully saturated rings. The number of likely N-dealkylation sites (tertiary alicyclic amines) is 1. The largest absolute Gasteiger partial charge is 0.468 e. The fourth-order valence-corrected chi connectivity index (χ4v) is 5.97. The molecule has 1 aliphatic heterocycles. The molecule has 5 N–H and O–H groups in total. The van der Waals surface area contributed by atoms with Crippen molar-refractivity contribution in [2.45, 2.75) is 91.3 Å². The molecule has 4 atom stereocenters. The van der Waals surface area contributed by atoms with E-state index in [1.165, 1.54) is 18.9 Å². The molecule has 15 nitrogen and oxygen atoms in total. The van der Waals surface area contributed by atoms with Crippen molar-refractivity contribution in [3.05, 3.63) is 60.2 Å². The van der Waals surface area contributed by atoms with Crippen molar-refractivity contribution in [3.8, 4) is 11.1 Å². The van der Waals surface area contributed by atoms with Gasteiger partial charge in [0.1, 0.15) is 24.7 Å². The molecule has 3 rings (SSSR count). The number of hydrogen-bond donors (Lipinski definition) is 5. The molecule has 294 valence electrons. The van der Waals surface area contributed by atoms with E-state index >= 15 is 0 Å². The molecule has 0 aromatic heterocycles. The Morgan fingerprint density at radius 2 is 1.31 bits per heavy atom. The van der Waals surface area contributed by atoms with E-state index in [0.29, 0.717) is 24.9 Å². The Bertz CT molecular complexity index is 1600. The van der Waals surface area contributed by atoms with Crippen molar-refractivity contribution < 1.29 is 43.0 Å². The van der Waals surface area contributed by atoms with Crippen LogP contribution in [0.15, 0.2) is 54.6 Å². The minimum absolute atomic E-state index is 0.00852. The minimum Gasteiger partial charge on any atom is -0.468 e. The average Bonchev–Trinajstić information content (AvgIpc) is 3.65. The van der Waals surface area contributed by atoms with E-state index < -0.39 is 72.9 Å². The van der Waals surface area contributed by atoms with Crippen LogP contribution in [0.2, 0.25) is 0 Å². The van der Waals surface area contributed by atoms with Crippen molar-refractivity contribution >= 4 is 41.4 Å². The zero-order chi connectivity index (χ0) is 39.8. The van der Waals surface area contributed by atoms with Crippen LogP contribution in [0.3, 0.4) is 0 Å². The molecule has 0 saturated carbocycles. The summed E-state index contributed by atoms with van der Waals surface area (Å²) in [6.45, 7) is 8.28. The summed E-state index contributed by atoms with van der Waals surface area (Å²) in [7, 11) is 1.18. The lowest BCUT2D eigenvalue weighted by Gasteiger charge is -2.26. The molecule has 0 radical (unpaired) electrons. The lowest BCUT2D eigenvalue weighted by molar-refractivity contribution is -0.144. The first-order valence-electron chi connectivity index (χ1n) is 18.2. The first kappa shape index (κ1) is 43.1. The second-order valence-electron chi connectivity index (χ2n) is 14.1. The summed E-state index contributed by atoms with van der Waals surface area (Å²) in [5.74, 6) is -4.20. The Morgan fingerprint density at radius 3 is 1.89 bits per heavy atom. The van der Waals surface area contributed by atoms with Crippen LogP contribution in [0.25, 0.3) is 11.1 Å². The second-order valence-corrected chi connectivity index (χ2v) is 14.1. The number of benzene rings is 2. The lowest BCUT2D eigenvalue weighted by Crippen LogP contribution is -2.57. The van der Waals surface area contributed by atoms with Crippen LogP contribution < -0.4 is 26.6 Å². The standard InChI is InChI=1S/C39H54N6O9/c1-24(2)19-30(42-37(51)32-13-10-18-45(32)26(5)46)35(49)40-21-33(47)44-39(38(52)43-31(20-25(3)4)36(50)41-22-34(48)53-6)54-23-27-14-16-29(17-15-27)28-11-8-7-9-12-28/h7-9,11-12,14-17,24-25,30-32,39H,10,13,18-23H2,1-6H3,(H,40,49)(H,41,50)(H,42,51)(H,43,52)(H,44,47)/t30-,31-,32-,39-/m0/s1. The van der Waals surface area contributed by atoms with Gasteiger partial charge in [-0.25, -0.2) is 0 Å². The molecule has 0 unspecified atom stereocenters. The maximum Gasteiger partial charge on any atom is 0.325 e. The van der Waals surface area contributed by atoms with Gasteiger partial charge in [-0.1, -0.05) is 82.3 Å². The van der Waals surface area contributed by atoms with Crippen LogP contribution in [0, 0.1) is 11.8 Å². The van der Waals surface area contributed by atoms with E-state index in [-0.39, 0.29) is 37.2 Å².